The number of hydrogen-bond acceptors (Lipinski definition) is 2. The van der Waals surface area contributed by atoms with Crippen molar-refractivity contribution in [2.45, 2.75) is 13.8 Å². The van der Waals surface area contributed by atoms with E-state index in [-0.39, 0.29) is 0 Å². The third kappa shape index (κ3) is 0.994. The molecule has 0 spiro atoms. The first-order valence-corrected chi connectivity index (χ1v) is 4.69. The second-order valence-electron chi connectivity index (χ2n) is 3.00. The SMILES string of the molecule is Cc1cc2c(O)c(C)ccc2s1. The molecule has 1 aromatic heterocycles. The molecule has 1 N–H and O–H groups in total. The van der Waals surface area contributed by atoms with Crippen molar-refractivity contribution in [3.63, 3.8) is 0 Å². The molecule has 0 radical (unpaired) electrons. The third-order valence-electron chi connectivity index (χ3n) is 2.00. The van der Waals surface area contributed by atoms with Gasteiger partial charge in [-0.1, -0.05) is 6.07 Å². The lowest BCUT2D eigenvalue weighted by Gasteiger charge is -1.97. The van der Waals surface area contributed by atoms with Crippen LogP contribution in [0.2, 0.25) is 0 Å². The van der Waals surface area contributed by atoms with Gasteiger partial charge in [-0.2, -0.15) is 0 Å². The Morgan fingerprint density at radius 2 is 2.00 bits per heavy atom. The Hall–Kier alpha value is -1.02. The molecule has 12 heavy (non-hydrogen) atoms. The van der Waals surface area contributed by atoms with E-state index in [9.17, 15) is 5.11 Å². The molecule has 1 nitrogen and oxygen atoms in total. The van der Waals surface area contributed by atoms with Crippen LogP contribution in [-0.2, 0) is 0 Å². The van der Waals surface area contributed by atoms with Crippen LogP contribution in [0.5, 0.6) is 5.75 Å². The zero-order chi connectivity index (χ0) is 8.72. The summed E-state index contributed by atoms with van der Waals surface area (Å²) in [4.78, 5) is 1.24. The fourth-order valence-electron chi connectivity index (χ4n) is 1.33. The fraction of sp³-hybridized carbons (Fsp3) is 0.200. The summed E-state index contributed by atoms with van der Waals surface area (Å²) in [5, 5.41) is 10.7. The second kappa shape index (κ2) is 2.49. The molecule has 0 amide bonds. The van der Waals surface area contributed by atoms with E-state index in [1.54, 1.807) is 11.3 Å². The number of benzene rings is 1. The van der Waals surface area contributed by atoms with Gasteiger partial charge >= 0.3 is 0 Å². The highest BCUT2D eigenvalue weighted by Gasteiger charge is 2.04. The Balaban J connectivity index is 2.89. The number of aryl methyl sites for hydroxylation is 2. The molecule has 0 unspecified atom stereocenters. The van der Waals surface area contributed by atoms with Crippen LogP contribution in [-0.4, -0.2) is 5.11 Å². The quantitative estimate of drug-likeness (QED) is 0.656. The smallest absolute Gasteiger partial charge is 0.127 e. The molecule has 1 aromatic carbocycles. The molecule has 0 aliphatic carbocycles. The van der Waals surface area contributed by atoms with Crippen molar-refractivity contribution in [3.8, 4) is 5.75 Å². The number of hydrogen-bond donors (Lipinski definition) is 1. The van der Waals surface area contributed by atoms with E-state index in [1.165, 1.54) is 4.88 Å². The summed E-state index contributed by atoms with van der Waals surface area (Å²) in [6.45, 7) is 3.97. The predicted octanol–water partition coefficient (Wildman–Crippen LogP) is 3.22. The maximum absolute atomic E-state index is 9.68. The molecule has 0 aliphatic rings. The highest BCUT2D eigenvalue weighted by atomic mass is 32.1. The predicted molar refractivity (Wildman–Crippen MR) is 53.0 cm³/mol. The molecule has 1 heterocycles. The Morgan fingerprint density at radius 3 is 2.75 bits per heavy atom. The number of phenols is 1. The summed E-state index contributed by atoms with van der Waals surface area (Å²) >= 11 is 1.72. The first-order valence-electron chi connectivity index (χ1n) is 3.87. The lowest BCUT2D eigenvalue weighted by Crippen LogP contribution is -1.72. The van der Waals surface area contributed by atoms with Gasteiger partial charge in [0, 0.05) is 15.0 Å². The summed E-state index contributed by atoms with van der Waals surface area (Å²) in [7, 11) is 0. The first kappa shape index (κ1) is 7.62. The Morgan fingerprint density at radius 1 is 1.25 bits per heavy atom. The monoisotopic (exact) mass is 178 g/mol. The van der Waals surface area contributed by atoms with Crippen LogP contribution < -0.4 is 0 Å². The Labute approximate surface area is 75.3 Å². The third-order valence-corrected chi connectivity index (χ3v) is 3.01. The zero-order valence-electron chi connectivity index (χ0n) is 7.09. The summed E-state index contributed by atoms with van der Waals surface area (Å²) < 4.78 is 1.16. The van der Waals surface area contributed by atoms with Gasteiger partial charge in [0.25, 0.3) is 0 Å². The Kier molecular flexibility index (Phi) is 1.58. The molecule has 0 bridgehead atoms. The summed E-state index contributed by atoms with van der Waals surface area (Å²) in [6.07, 6.45) is 0. The Bertz CT molecular complexity index is 429. The van der Waals surface area contributed by atoms with Crippen LogP contribution in [0.4, 0.5) is 0 Å². The molecule has 62 valence electrons. The van der Waals surface area contributed by atoms with E-state index in [0.29, 0.717) is 5.75 Å². The minimum atomic E-state index is 0.428. The molecule has 0 saturated heterocycles. The highest BCUT2D eigenvalue weighted by molar-refractivity contribution is 7.19. The molecule has 2 heteroatoms. The lowest BCUT2D eigenvalue weighted by molar-refractivity contribution is 0.477. The van der Waals surface area contributed by atoms with Crippen molar-refractivity contribution in [1.29, 1.82) is 0 Å². The molecule has 0 aliphatic heterocycles. The van der Waals surface area contributed by atoms with E-state index in [1.807, 2.05) is 19.1 Å². The topological polar surface area (TPSA) is 20.2 Å². The van der Waals surface area contributed by atoms with Gasteiger partial charge in [-0.15, -0.1) is 11.3 Å². The van der Waals surface area contributed by atoms with Crippen LogP contribution in [0.25, 0.3) is 10.1 Å². The van der Waals surface area contributed by atoms with Gasteiger partial charge in [-0.25, -0.2) is 0 Å². The van der Waals surface area contributed by atoms with E-state index in [0.717, 1.165) is 15.6 Å². The van der Waals surface area contributed by atoms with Crippen LogP contribution in [0.15, 0.2) is 18.2 Å². The maximum Gasteiger partial charge on any atom is 0.127 e. The average Bonchev–Trinajstić information content (AvgIpc) is 2.39. The van der Waals surface area contributed by atoms with Gasteiger partial charge in [0.1, 0.15) is 5.75 Å². The van der Waals surface area contributed by atoms with Gasteiger partial charge in [0.15, 0.2) is 0 Å². The minimum absolute atomic E-state index is 0.428. The molecule has 0 atom stereocenters. The average molecular weight is 178 g/mol. The molecular weight excluding hydrogens is 168 g/mol. The van der Waals surface area contributed by atoms with Gasteiger partial charge in [-0.05, 0) is 31.5 Å². The fourth-order valence-corrected chi connectivity index (χ4v) is 2.26. The largest absolute Gasteiger partial charge is 0.507 e. The standard InChI is InChI=1S/C10H10OS/c1-6-3-4-9-8(10(6)11)5-7(2)12-9/h3-5,11H,1-2H3. The van der Waals surface area contributed by atoms with Crippen molar-refractivity contribution >= 4 is 21.4 Å². The van der Waals surface area contributed by atoms with Crippen molar-refractivity contribution < 1.29 is 5.11 Å². The summed E-state index contributed by atoms with van der Waals surface area (Å²) in [5.74, 6) is 0.428. The van der Waals surface area contributed by atoms with Crippen LogP contribution in [0.1, 0.15) is 10.4 Å². The first-order chi connectivity index (χ1) is 5.68. The number of rotatable bonds is 0. The number of fused-ring (bicyclic) bond motifs is 1. The van der Waals surface area contributed by atoms with E-state index in [4.69, 9.17) is 0 Å². The van der Waals surface area contributed by atoms with Crippen LogP contribution in [0, 0.1) is 13.8 Å². The van der Waals surface area contributed by atoms with E-state index in [2.05, 4.69) is 13.0 Å². The molecular formula is C10H10OS. The zero-order valence-corrected chi connectivity index (χ0v) is 7.90. The summed E-state index contributed by atoms with van der Waals surface area (Å²) in [6, 6.07) is 6.04. The number of aromatic hydroxyl groups is 1. The van der Waals surface area contributed by atoms with Gasteiger partial charge < -0.3 is 5.11 Å². The number of thiophene rings is 1. The van der Waals surface area contributed by atoms with Crippen molar-refractivity contribution in [2.24, 2.45) is 0 Å². The van der Waals surface area contributed by atoms with E-state index < -0.39 is 0 Å². The molecule has 0 fully saturated rings. The highest BCUT2D eigenvalue weighted by Crippen LogP contribution is 2.33. The normalized spacial score (nSPS) is 10.8. The molecule has 2 aromatic rings. The second-order valence-corrected chi connectivity index (χ2v) is 4.29. The number of phenolic OH excluding ortho intramolecular Hbond substituents is 1. The van der Waals surface area contributed by atoms with Crippen molar-refractivity contribution in [1.82, 2.24) is 0 Å². The van der Waals surface area contributed by atoms with Crippen LogP contribution >= 0.6 is 11.3 Å². The minimum Gasteiger partial charge on any atom is -0.507 e. The summed E-state index contributed by atoms with van der Waals surface area (Å²) in [5.41, 5.74) is 0.945. The van der Waals surface area contributed by atoms with Gasteiger partial charge in [0.05, 0.1) is 0 Å². The molecule has 2 rings (SSSR count). The molecule has 0 saturated carbocycles. The van der Waals surface area contributed by atoms with Crippen LogP contribution in [0.3, 0.4) is 0 Å². The maximum atomic E-state index is 9.68. The van der Waals surface area contributed by atoms with Crippen molar-refractivity contribution in [2.75, 3.05) is 0 Å². The van der Waals surface area contributed by atoms with E-state index >= 15 is 0 Å². The van der Waals surface area contributed by atoms with Crippen molar-refractivity contribution in [3.05, 3.63) is 28.6 Å². The lowest BCUT2D eigenvalue weighted by atomic mass is 10.1. The van der Waals surface area contributed by atoms with Gasteiger partial charge in [-0.3, -0.25) is 0 Å². The van der Waals surface area contributed by atoms with Gasteiger partial charge in [0.2, 0.25) is 0 Å².